The van der Waals surface area contributed by atoms with Crippen molar-refractivity contribution in [2.75, 3.05) is 20.6 Å². The molecule has 0 radical (unpaired) electrons. The zero-order chi connectivity index (χ0) is 16.5. The van der Waals surface area contributed by atoms with E-state index in [4.69, 9.17) is 0 Å². The van der Waals surface area contributed by atoms with Gasteiger partial charge in [0.1, 0.15) is 0 Å². The maximum atomic E-state index is 2.32. The molecule has 2 aromatic carbocycles. The van der Waals surface area contributed by atoms with E-state index in [1.165, 1.54) is 28.7 Å². The molecule has 0 aliphatic rings. The average Bonchev–Trinajstić information content (AvgIpc) is 2.54. The quantitative estimate of drug-likeness (QED) is 0.611. The van der Waals surface area contributed by atoms with E-state index in [1.807, 2.05) is 0 Å². The minimum atomic E-state index is 1.10. The maximum absolute atomic E-state index is 2.32. The molecule has 0 spiro atoms. The van der Waals surface area contributed by atoms with Gasteiger partial charge in [0.05, 0.1) is 0 Å². The van der Waals surface area contributed by atoms with Gasteiger partial charge in [0, 0.05) is 0 Å². The minimum absolute atomic E-state index is 1.10. The second-order valence-corrected chi connectivity index (χ2v) is 6.47. The summed E-state index contributed by atoms with van der Waals surface area (Å²) in [7, 11) is 4.26. The minimum Gasteiger partial charge on any atom is -0.309 e. The van der Waals surface area contributed by atoms with Crippen LogP contribution in [0.2, 0.25) is 0 Å². The number of benzene rings is 2. The molecule has 0 fully saturated rings. The van der Waals surface area contributed by atoms with Gasteiger partial charge in [0.2, 0.25) is 0 Å². The zero-order valence-corrected chi connectivity index (χ0v) is 14.8. The Morgan fingerprint density at radius 3 is 2.26 bits per heavy atom. The van der Waals surface area contributed by atoms with Crippen molar-refractivity contribution in [1.29, 1.82) is 0 Å². The normalized spacial score (nSPS) is 11.5. The van der Waals surface area contributed by atoms with Gasteiger partial charge in [0.25, 0.3) is 0 Å². The summed E-state index contributed by atoms with van der Waals surface area (Å²) in [6.07, 6.45) is 9.18. The largest absolute Gasteiger partial charge is 0.309 e. The van der Waals surface area contributed by atoms with Crippen molar-refractivity contribution in [3.05, 3.63) is 76.9 Å². The Kier molecular flexibility index (Phi) is 7.09. The van der Waals surface area contributed by atoms with E-state index in [1.54, 1.807) is 0 Å². The van der Waals surface area contributed by atoms with Crippen molar-refractivity contribution in [1.82, 2.24) is 4.90 Å². The molecular formula is C22H29N. The molecule has 0 aliphatic heterocycles. The summed E-state index contributed by atoms with van der Waals surface area (Å²) < 4.78 is 0. The molecule has 0 N–H and O–H groups in total. The summed E-state index contributed by atoms with van der Waals surface area (Å²) in [5.74, 6) is 0. The molecule has 0 heterocycles. The molecule has 1 nitrogen and oxygen atoms in total. The SMILES string of the molecule is Cc1ccccc1CCc1ccccc1C=CCCCN(C)C. The summed E-state index contributed by atoms with van der Waals surface area (Å²) >= 11 is 0. The monoisotopic (exact) mass is 307 g/mol. The average molecular weight is 307 g/mol. The van der Waals surface area contributed by atoms with Gasteiger partial charge in [-0.2, -0.15) is 0 Å². The van der Waals surface area contributed by atoms with E-state index >= 15 is 0 Å². The molecule has 0 saturated heterocycles. The van der Waals surface area contributed by atoms with Crippen LogP contribution in [0.25, 0.3) is 6.08 Å². The van der Waals surface area contributed by atoms with Crippen molar-refractivity contribution in [3.8, 4) is 0 Å². The lowest BCUT2D eigenvalue weighted by molar-refractivity contribution is 0.402. The highest BCUT2D eigenvalue weighted by Gasteiger charge is 2.02. The fraction of sp³-hybridized carbons (Fsp3) is 0.364. The van der Waals surface area contributed by atoms with Gasteiger partial charge in [-0.1, -0.05) is 60.7 Å². The van der Waals surface area contributed by atoms with E-state index in [9.17, 15) is 0 Å². The molecule has 0 saturated carbocycles. The van der Waals surface area contributed by atoms with Crippen LogP contribution in [-0.2, 0) is 12.8 Å². The second-order valence-electron chi connectivity index (χ2n) is 6.47. The Balaban J connectivity index is 1.95. The molecular weight excluding hydrogens is 278 g/mol. The smallest absolute Gasteiger partial charge is 0.00219 e. The summed E-state index contributed by atoms with van der Waals surface area (Å²) in [5, 5.41) is 0. The fourth-order valence-electron chi connectivity index (χ4n) is 2.82. The van der Waals surface area contributed by atoms with E-state index in [0.29, 0.717) is 0 Å². The Morgan fingerprint density at radius 1 is 0.870 bits per heavy atom. The second kappa shape index (κ2) is 9.32. The molecule has 122 valence electrons. The van der Waals surface area contributed by atoms with Crippen LogP contribution in [0.4, 0.5) is 0 Å². The van der Waals surface area contributed by atoms with Crippen molar-refractivity contribution in [2.45, 2.75) is 32.6 Å². The van der Waals surface area contributed by atoms with Crippen molar-refractivity contribution in [3.63, 3.8) is 0 Å². The van der Waals surface area contributed by atoms with Gasteiger partial charge in [-0.05, 0) is 75.5 Å². The molecule has 0 unspecified atom stereocenters. The first-order chi connectivity index (χ1) is 11.2. The van der Waals surface area contributed by atoms with Crippen molar-refractivity contribution >= 4 is 6.08 Å². The highest BCUT2D eigenvalue weighted by molar-refractivity contribution is 5.53. The highest BCUT2D eigenvalue weighted by atomic mass is 15.0. The number of nitrogens with zero attached hydrogens (tertiary/aromatic N) is 1. The van der Waals surface area contributed by atoms with Crippen LogP contribution in [0.5, 0.6) is 0 Å². The van der Waals surface area contributed by atoms with Gasteiger partial charge >= 0.3 is 0 Å². The molecule has 0 atom stereocenters. The summed E-state index contributed by atoms with van der Waals surface area (Å²) in [6, 6.07) is 17.5. The topological polar surface area (TPSA) is 3.24 Å². The Labute approximate surface area is 141 Å². The third-order valence-electron chi connectivity index (χ3n) is 4.25. The first kappa shape index (κ1) is 17.5. The van der Waals surface area contributed by atoms with E-state index in [-0.39, 0.29) is 0 Å². The standard InChI is InChI=1S/C22H29N/c1-19-11-6-7-12-20(19)16-17-22-15-9-8-14-21(22)13-5-4-10-18-23(2)3/h5-9,11-15H,4,10,16-18H2,1-3H3. The summed E-state index contributed by atoms with van der Waals surface area (Å²) in [6.45, 7) is 3.35. The molecule has 0 amide bonds. The number of rotatable bonds is 8. The first-order valence-corrected chi connectivity index (χ1v) is 8.60. The fourth-order valence-corrected chi connectivity index (χ4v) is 2.82. The van der Waals surface area contributed by atoms with E-state index in [0.717, 1.165) is 25.8 Å². The lowest BCUT2D eigenvalue weighted by Gasteiger charge is -2.09. The zero-order valence-electron chi connectivity index (χ0n) is 14.8. The predicted octanol–water partition coefficient (Wildman–Crippen LogP) is 5.14. The Hall–Kier alpha value is -1.86. The van der Waals surface area contributed by atoms with Crippen LogP contribution in [0, 0.1) is 6.92 Å². The lowest BCUT2D eigenvalue weighted by Crippen LogP contribution is -2.12. The number of hydrogen-bond acceptors (Lipinski definition) is 1. The van der Waals surface area contributed by atoms with E-state index < -0.39 is 0 Å². The number of aryl methyl sites for hydroxylation is 3. The van der Waals surface area contributed by atoms with Crippen LogP contribution in [0.15, 0.2) is 54.6 Å². The molecule has 0 bridgehead atoms. The molecule has 0 aliphatic carbocycles. The van der Waals surface area contributed by atoms with Crippen molar-refractivity contribution < 1.29 is 0 Å². The third kappa shape index (κ3) is 6.03. The van der Waals surface area contributed by atoms with Crippen LogP contribution in [0.1, 0.15) is 35.1 Å². The molecule has 1 heteroatoms. The highest BCUT2D eigenvalue weighted by Crippen LogP contribution is 2.16. The Bertz CT molecular complexity index is 625. The van der Waals surface area contributed by atoms with Gasteiger partial charge in [-0.3, -0.25) is 0 Å². The number of hydrogen-bond donors (Lipinski definition) is 0. The van der Waals surface area contributed by atoms with Gasteiger partial charge in [0.15, 0.2) is 0 Å². The van der Waals surface area contributed by atoms with Gasteiger partial charge in [-0.15, -0.1) is 0 Å². The van der Waals surface area contributed by atoms with Crippen molar-refractivity contribution in [2.24, 2.45) is 0 Å². The van der Waals surface area contributed by atoms with E-state index in [2.05, 4.69) is 86.6 Å². The van der Waals surface area contributed by atoms with Crippen LogP contribution in [0.3, 0.4) is 0 Å². The number of unbranched alkanes of at least 4 members (excludes halogenated alkanes) is 1. The number of allylic oxidation sites excluding steroid dienone is 1. The third-order valence-corrected chi connectivity index (χ3v) is 4.25. The molecule has 23 heavy (non-hydrogen) atoms. The van der Waals surface area contributed by atoms with Crippen LogP contribution in [-0.4, -0.2) is 25.5 Å². The first-order valence-electron chi connectivity index (χ1n) is 8.60. The van der Waals surface area contributed by atoms with Crippen LogP contribution >= 0.6 is 0 Å². The summed E-state index contributed by atoms with van der Waals surface area (Å²) in [5.41, 5.74) is 5.66. The van der Waals surface area contributed by atoms with Gasteiger partial charge in [-0.25, -0.2) is 0 Å². The lowest BCUT2D eigenvalue weighted by atomic mass is 9.97. The van der Waals surface area contributed by atoms with Gasteiger partial charge < -0.3 is 4.90 Å². The molecule has 0 aromatic heterocycles. The predicted molar refractivity (Wildman–Crippen MR) is 102 cm³/mol. The van der Waals surface area contributed by atoms with Crippen LogP contribution < -0.4 is 0 Å². The Morgan fingerprint density at radius 2 is 1.52 bits per heavy atom. The molecule has 2 rings (SSSR count). The molecule has 2 aromatic rings. The summed E-state index contributed by atoms with van der Waals surface area (Å²) in [4.78, 5) is 2.24. The maximum Gasteiger partial charge on any atom is -0.00219 e.